The molecule has 0 radical (unpaired) electrons. The first-order valence-electron chi connectivity index (χ1n) is 9.69. The van der Waals surface area contributed by atoms with E-state index >= 15 is 0 Å². The minimum absolute atomic E-state index is 0.0197. The molecule has 1 fully saturated rings. The zero-order chi connectivity index (χ0) is 19.2. The minimum Gasteiger partial charge on any atom is -0.337 e. The molecule has 2 aromatic rings. The summed E-state index contributed by atoms with van der Waals surface area (Å²) >= 11 is 0. The number of fused-ring (bicyclic) bond motifs is 2. The summed E-state index contributed by atoms with van der Waals surface area (Å²) in [4.78, 5) is 30.0. The summed E-state index contributed by atoms with van der Waals surface area (Å²) in [5.74, 6) is 0.0772. The molecule has 1 saturated heterocycles. The highest BCUT2D eigenvalue weighted by molar-refractivity contribution is 6.08. The fourth-order valence-electron chi connectivity index (χ4n) is 4.60. The molecule has 2 aliphatic rings. The number of nitrogens with zero attached hydrogens (tertiary/aromatic N) is 4. The molecule has 6 heteroatoms. The number of piperidine rings is 1. The van der Waals surface area contributed by atoms with Crippen LogP contribution in [-0.4, -0.2) is 46.6 Å². The Morgan fingerprint density at radius 2 is 2.07 bits per heavy atom. The number of aromatic nitrogens is 2. The number of hydrogen-bond acceptors (Lipinski definition) is 3. The first-order valence-corrected chi connectivity index (χ1v) is 9.69. The molecule has 1 aromatic heterocycles. The van der Waals surface area contributed by atoms with E-state index in [2.05, 4.69) is 12.0 Å². The summed E-state index contributed by atoms with van der Waals surface area (Å²) in [5.41, 5.74) is 2.94. The fourth-order valence-corrected chi connectivity index (χ4v) is 4.60. The van der Waals surface area contributed by atoms with Crippen molar-refractivity contribution in [2.45, 2.75) is 45.1 Å². The molecule has 4 rings (SSSR count). The molecule has 2 amide bonds. The zero-order valence-corrected chi connectivity index (χ0v) is 16.2. The number of carbonyl (C=O) groups excluding carboxylic acids is 2. The SMILES string of the molecule is CCCn1ncc(C(=O)N2CCCC3(C2)C(=O)N(C)c2ccccc23)c1C. The van der Waals surface area contributed by atoms with E-state index in [1.54, 1.807) is 11.1 Å². The topological polar surface area (TPSA) is 58.4 Å². The standard InChI is InChI=1S/C21H26N4O2/c1-4-11-25-15(2)16(13-22-25)19(26)24-12-7-10-21(14-24)17-8-5-6-9-18(17)23(3)20(21)27/h5-6,8-9,13H,4,7,10-12,14H2,1-3H3. The van der Waals surface area contributed by atoms with E-state index < -0.39 is 5.41 Å². The van der Waals surface area contributed by atoms with Gasteiger partial charge in [-0.25, -0.2) is 0 Å². The average molecular weight is 366 g/mol. The van der Waals surface area contributed by atoms with E-state index in [1.807, 2.05) is 47.8 Å². The van der Waals surface area contributed by atoms with Crippen molar-refractivity contribution >= 4 is 17.5 Å². The van der Waals surface area contributed by atoms with Gasteiger partial charge in [0.15, 0.2) is 0 Å². The van der Waals surface area contributed by atoms with Gasteiger partial charge in [0.05, 0.1) is 17.2 Å². The Hall–Kier alpha value is -2.63. The highest BCUT2D eigenvalue weighted by atomic mass is 16.2. The highest BCUT2D eigenvalue weighted by Gasteiger charge is 2.52. The first kappa shape index (κ1) is 17.8. The van der Waals surface area contributed by atoms with Crippen molar-refractivity contribution in [3.63, 3.8) is 0 Å². The largest absolute Gasteiger partial charge is 0.337 e. The average Bonchev–Trinajstić information content (AvgIpc) is 3.15. The highest BCUT2D eigenvalue weighted by Crippen LogP contribution is 2.46. The molecule has 27 heavy (non-hydrogen) atoms. The number of likely N-dealkylation sites (N-methyl/N-ethyl adjacent to an activating group) is 1. The lowest BCUT2D eigenvalue weighted by Crippen LogP contribution is -2.53. The van der Waals surface area contributed by atoms with Gasteiger partial charge >= 0.3 is 0 Å². The van der Waals surface area contributed by atoms with E-state index in [1.165, 1.54) is 0 Å². The lowest BCUT2D eigenvalue weighted by atomic mass is 9.75. The van der Waals surface area contributed by atoms with Crippen LogP contribution in [0.1, 0.15) is 47.8 Å². The molecule has 1 spiro atoms. The van der Waals surface area contributed by atoms with Crippen LogP contribution < -0.4 is 4.90 Å². The normalized spacial score (nSPS) is 21.8. The molecule has 1 unspecified atom stereocenters. The van der Waals surface area contributed by atoms with Crippen LogP contribution in [0.25, 0.3) is 0 Å². The Morgan fingerprint density at radius 1 is 1.30 bits per heavy atom. The Bertz CT molecular complexity index is 903. The first-order chi connectivity index (χ1) is 13.0. The quantitative estimate of drug-likeness (QED) is 0.839. The minimum atomic E-state index is -0.618. The van der Waals surface area contributed by atoms with Gasteiger partial charge in [0.25, 0.3) is 5.91 Å². The number of rotatable bonds is 3. The Balaban J connectivity index is 1.66. The van der Waals surface area contributed by atoms with Crippen molar-refractivity contribution in [2.75, 3.05) is 25.0 Å². The van der Waals surface area contributed by atoms with Gasteiger partial charge in [0.1, 0.15) is 0 Å². The van der Waals surface area contributed by atoms with Crippen molar-refractivity contribution < 1.29 is 9.59 Å². The number of benzene rings is 1. The third-order valence-corrected chi connectivity index (χ3v) is 6.04. The molecule has 1 atom stereocenters. The number of anilines is 1. The summed E-state index contributed by atoms with van der Waals surface area (Å²) in [5, 5.41) is 4.37. The lowest BCUT2D eigenvalue weighted by Gasteiger charge is -2.39. The van der Waals surface area contributed by atoms with Crippen LogP contribution in [0.2, 0.25) is 0 Å². The maximum absolute atomic E-state index is 13.2. The molecule has 0 N–H and O–H groups in total. The monoisotopic (exact) mass is 366 g/mol. The summed E-state index contributed by atoms with van der Waals surface area (Å²) in [7, 11) is 1.83. The van der Waals surface area contributed by atoms with Crippen LogP contribution in [0.15, 0.2) is 30.5 Å². The van der Waals surface area contributed by atoms with Gasteiger partial charge in [-0.2, -0.15) is 5.10 Å². The predicted molar refractivity (Wildman–Crippen MR) is 104 cm³/mol. The van der Waals surface area contributed by atoms with Crippen LogP contribution >= 0.6 is 0 Å². The molecule has 2 aliphatic heterocycles. The molecule has 1 aromatic carbocycles. The smallest absolute Gasteiger partial charge is 0.257 e. The van der Waals surface area contributed by atoms with Crippen LogP contribution in [0.3, 0.4) is 0 Å². The van der Waals surface area contributed by atoms with Crippen LogP contribution in [0.4, 0.5) is 5.69 Å². The van der Waals surface area contributed by atoms with Gasteiger partial charge in [-0.3, -0.25) is 14.3 Å². The van der Waals surface area contributed by atoms with E-state index in [-0.39, 0.29) is 11.8 Å². The molecule has 0 aliphatic carbocycles. The molecule has 6 nitrogen and oxygen atoms in total. The van der Waals surface area contributed by atoms with Crippen molar-refractivity contribution in [1.82, 2.24) is 14.7 Å². The van der Waals surface area contributed by atoms with E-state index in [4.69, 9.17) is 0 Å². The van der Waals surface area contributed by atoms with Crippen molar-refractivity contribution in [2.24, 2.45) is 0 Å². The van der Waals surface area contributed by atoms with Gasteiger partial charge in [0.2, 0.25) is 5.91 Å². The van der Waals surface area contributed by atoms with Crippen molar-refractivity contribution in [1.29, 1.82) is 0 Å². The Morgan fingerprint density at radius 3 is 2.85 bits per heavy atom. The maximum atomic E-state index is 13.2. The Labute approximate surface area is 159 Å². The van der Waals surface area contributed by atoms with Gasteiger partial charge in [-0.1, -0.05) is 25.1 Å². The summed E-state index contributed by atoms with van der Waals surface area (Å²) < 4.78 is 1.89. The molecule has 0 saturated carbocycles. The van der Waals surface area contributed by atoms with Crippen LogP contribution in [0.5, 0.6) is 0 Å². The second-order valence-electron chi connectivity index (χ2n) is 7.66. The number of aryl methyl sites for hydroxylation is 1. The number of carbonyl (C=O) groups is 2. The third kappa shape index (κ3) is 2.58. The molecule has 142 valence electrons. The second-order valence-corrected chi connectivity index (χ2v) is 7.66. The van der Waals surface area contributed by atoms with Gasteiger partial charge in [0, 0.05) is 38.1 Å². The maximum Gasteiger partial charge on any atom is 0.257 e. The predicted octanol–water partition coefficient (Wildman–Crippen LogP) is 2.75. The number of hydrogen-bond donors (Lipinski definition) is 0. The van der Waals surface area contributed by atoms with Gasteiger partial charge < -0.3 is 9.80 Å². The zero-order valence-electron chi connectivity index (χ0n) is 16.2. The number of amides is 2. The van der Waals surface area contributed by atoms with E-state index in [0.717, 1.165) is 42.8 Å². The summed E-state index contributed by atoms with van der Waals surface area (Å²) in [6, 6.07) is 7.96. The number of likely N-dealkylation sites (tertiary alicyclic amines) is 1. The lowest BCUT2D eigenvalue weighted by molar-refractivity contribution is -0.124. The Kier molecular flexibility index (Phi) is 4.29. The third-order valence-electron chi connectivity index (χ3n) is 6.04. The molecular formula is C21H26N4O2. The van der Waals surface area contributed by atoms with Crippen molar-refractivity contribution in [3.05, 3.63) is 47.3 Å². The number of para-hydroxylation sites is 1. The van der Waals surface area contributed by atoms with E-state index in [0.29, 0.717) is 18.7 Å². The molecule has 0 bridgehead atoms. The van der Waals surface area contributed by atoms with E-state index in [9.17, 15) is 9.59 Å². The fraction of sp³-hybridized carbons (Fsp3) is 0.476. The van der Waals surface area contributed by atoms with Gasteiger partial charge in [-0.05, 0) is 37.8 Å². The summed E-state index contributed by atoms with van der Waals surface area (Å²) in [6.07, 6.45) is 4.25. The second kappa shape index (κ2) is 6.51. The molecular weight excluding hydrogens is 340 g/mol. The van der Waals surface area contributed by atoms with Crippen LogP contribution in [-0.2, 0) is 16.8 Å². The molecule has 3 heterocycles. The summed E-state index contributed by atoms with van der Waals surface area (Å²) in [6.45, 7) is 5.96. The van der Waals surface area contributed by atoms with Crippen molar-refractivity contribution in [3.8, 4) is 0 Å². The van der Waals surface area contributed by atoms with Crippen LogP contribution in [0, 0.1) is 6.92 Å². The van der Waals surface area contributed by atoms with Gasteiger partial charge in [-0.15, -0.1) is 0 Å².